The van der Waals surface area contributed by atoms with Gasteiger partial charge in [0.15, 0.2) is 0 Å². The molecule has 3 rings (SSSR count). The summed E-state index contributed by atoms with van der Waals surface area (Å²) < 4.78 is 0. The van der Waals surface area contributed by atoms with E-state index in [-0.39, 0.29) is 0 Å². The quantitative estimate of drug-likeness (QED) is 0.535. The van der Waals surface area contributed by atoms with Crippen molar-refractivity contribution in [1.29, 1.82) is 0 Å². The largest absolute Gasteiger partial charge is 0.0686 e. The lowest BCUT2D eigenvalue weighted by Crippen LogP contribution is -1.94. The van der Waals surface area contributed by atoms with Gasteiger partial charge in [-0.3, -0.25) is 0 Å². The van der Waals surface area contributed by atoms with E-state index in [0.717, 1.165) is 0 Å². The normalized spacial score (nSPS) is 25.6. The van der Waals surface area contributed by atoms with Crippen molar-refractivity contribution in [1.82, 2.24) is 0 Å². The molecule has 0 saturated heterocycles. The van der Waals surface area contributed by atoms with Crippen LogP contribution in [0.5, 0.6) is 0 Å². The van der Waals surface area contributed by atoms with Crippen molar-refractivity contribution in [2.75, 3.05) is 0 Å². The minimum atomic E-state index is 0.662. The number of hydrogen-bond acceptors (Lipinski definition) is 0. The highest BCUT2D eigenvalue weighted by Gasteiger charge is 2.33. The van der Waals surface area contributed by atoms with E-state index in [1.165, 1.54) is 24.0 Å². The second kappa shape index (κ2) is 2.50. The molecule has 0 heteroatoms. The van der Waals surface area contributed by atoms with E-state index in [2.05, 4.69) is 32.9 Å². The first-order chi connectivity index (χ1) is 6.66. The summed E-state index contributed by atoms with van der Waals surface area (Å²) in [5.74, 6) is 0.662. The summed E-state index contributed by atoms with van der Waals surface area (Å²) in [5.41, 5.74) is 9.60. The molecule has 0 aromatic heterocycles. The SMILES string of the molecule is CC1=CC2=C(C1)C1=C(C=C(C)C1)C2C. The number of hydrogen-bond donors (Lipinski definition) is 0. The topological polar surface area (TPSA) is 0 Å². The standard InChI is InChI=1S/C14H16/c1-8-4-11-10(3)12-5-9(2)7-14(12)13(11)6-8/h4-5,10H,6-7H2,1-3H3. The highest BCUT2D eigenvalue weighted by molar-refractivity contribution is 5.64. The molecule has 0 saturated carbocycles. The van der Waals surface area contributed by atoms with Crippen LogP contribution < -0.4 is 0 Å². The first kappa shape index (κ1) is 8.28. The smallest absolute Gasteiger partial charge is 0.00668 e. The minimum absolute atomic E-state index is 0.662. The first-order valence-corrected chi connectivity index (χ1v) is 5.47. The molecule has 0 nitrogen and oxygen atoms in total. The van der Waals surface area contributed by atoms with Crippen molar-refractivity contribution in [3.8, 4) is 0 Å². The molecule has 3 aliphatic carbocycles. The summed E-state index contributed by atoms with van der Waals surface area (Å²) in [4.78, 5) is 0. The van der Waals surface area contributed by atoms with Gasteiger partial charge in [-0.15, -0.1) is 0 Å². The van der Waals surface area contributed by atoms with Crippen molar-refractivity contribution in [2.45, 2.75) is 33.6 Å². The van der Waals surface area contributed by atoms with Crippen LogP contribution in [0.25, 0.3) is 0 Å². The summed E-state index contributed by atoms with van der Waals surface area (Å²) in [5, 5.41) is 0. The molecule has 0 atom stereocenters. The average Bonchev–Trinajstić information content (AvgIpc) is 2.71. The molecule has 0 unspecified atom stereocenters. The van der Waals surface area contributed by atoms with Gasteiger partial charge in [-0.05, 0) is 49.0 Å². The summed E-state index contributed by atoms with van der Waals surface area (Å²) in [6.07, 6.45) is 7.22. The molecule has 72 valence electrons. The average molecular weight is 184 g/mol. The van der Waals surface area contributed by atoms with E-state index >= 15 is 0 Å². The van der Waals surface area contributed by atoms with Gasteiger partial charge in [0, 0.05) is 5.92 Å². The van der Waals surface area contributed by atoms with Gasteiger partial charge in [0.1, 0.15) is 0 Å². The summed E-state index contributed by atoms with van der Waals surface area (Å²) in [6, 6.07) is 0. The Bertz CT molecular complexity index is 397. The van der Waals surface area contributed by atoms with Gasteiger partial charge in [-0.2, -0.15) is 0 Å². The van der Waals surface area contributed by atoms with Crippen LogP contribution in [-0.4, -0.2) is 0 Å². The van der Waals surface area contributed by atoms with E-state index in [1.54, 1.807) is 22.3 Å². The van der Waals surface area contributed by atoms with Gasteiger partial charge in [-0.1, -0.05) is 30.2 Å². The second-order valence-corrected chi connectivity index (χ2v) is 4.92. The maximum Gasteiger partial charge on any atom is 0.00668 e. The Kier molecular flexibility index (Phi) is 1.48. The van der Waals surface area contributed by atoms with Crippen LogP contribution in [0.2, 0.25) is 0 Å². The molecule has 0 aromatic carbocycles. The number of rotatable bonds is 0. The molecule has 0 heterocycles. The van der Waals surface area contributed by atoms with Gasteiger partial charge in [0.2, 0.25) is 0 Å². The lowest BCUT2D eigenvalue weighted by Gasteiger charge is -2.07. The molecule has 14 heavy (non-hydrogen) atoms. The van der Waals surface area contributed by atoms with Gasteiger partial charge in [0.25, 0.3) is 0 Å². The summed E-state index contributed by atoms with van der Waals surface area (Å²) in [6.45, 7) is 6.85. The molecule has 0 amide bonds. The molecule has 3 aliphatic rings. The maximum atomic E-state index is 2.40. The predicted octanol–water partition coefficient (Wildman–Crippen LogP) is 3.93. The van der Waals surface area contributed by atoms with Gasteiger partial charge >= 0.3 is 0 Å². The minimum Gasteiger partial charge on any atom is -0.0686 e. The lowest BCUT2D eigenvalue weighted by molar-refractivity contribution is 0.867. The van der Waals surface area contributed by atoms with Crippen molar-refractivity contribution in [3.63, 3.8) is 0 Å². The molecule has 0 N–H and O–H groups in total. The second-order valence-electron chi connectivity index (χ2n) is 4.92. The van der Waals surface area contributed by atoms with Crippen LogP contribution >= 0.6 is 0 Å². The Hall–Kier alpha value is -1.04. The Morgan fingerprint density at radius 1 is 0.929 bits per heavy atom. The van der Waals surface area contributed by atoms with Crippen LogP contribution in [0.1, 0.15) is 33.6 Å². The first-order valence-electron chi connectivity index (χ1n) is 5.47. The molecular weight excluding hydrogens is 168 g/mol. The van der Waals surface area contributed by atoms with Gasteiger partial charge in [-0.25, -0.2) is 0 Å². The van der Waals surface area contributed by atoms with Crippen LogP contribution in [0.3, 0.4) is 0 Å². The molecule has 0 spiro atoms. The third-order valence-corrected chi connectivity index (χ3v) is 3.71. The highest BCUT2D eigenvalue weighted by Crippen LogP contribution is 2.50. The van der Waals surface area contributed by atoms with E-state index in [4.69, 9.17) is 0 Å². The number of allylic oxidation sites excluding steroid dienone is 8. The lowest BCUT2D eigenvalue weighted by atomic mass is 9.97. The fourth-order valence-electron chi connectivity index (χ4n) is 3.07. The van der Waals surface area contributed by atoms with Crippen molar-refractivity contribution in [2.24, 2.45) is 5.92 Å². The van der Waals surface area contributed by atoms with Crippen LogP contribution in [0, 0.1) is 5.92 Å². The van der Waals surface area contributed by atoms with Gasteiger partial charge < -0.3 is 0 Å². The van der Waals surface area contributed by atoms with Crippen molar-refractivity contribution >= 4 is 0 Å². The van der Waals surface area contributed by atoms with Crippen LogP contribution in [-0.2, 0) is 0 Å². The van der Waals surface area contributed by atoms with Gasteiger partial charge in [0.05, 0.1) is 0 Å². The highest BCUT2D eigenvalue weighted by atomic mass is 14.4. The molecular formula is C14H16. The monoisotopic (exact) mass is 184 g/mol. The van der Waals surface area contributed by atoms with Crippen LogP contribution in [0.15, 0.2) is 45.6 Å². The number of fused-ring (bicyclic) bond motifs is 1. The fraction of sp³-hybridized carbons (Fsp3) is 0.429. The Morgan fingerprint density at radius 3 is 1.79 bits per heavy atom. The van der Waals surface area contributed by atoms with Crippen LogP contribution in [0.4, 0.5) is 0 Å². The third kappa shape index (κ3) is 0.890. The summed E-state index contributed by atoms with van der Waals surface area (Å²) >= 11 is 0. The molecule has 0 radical (unpaired) electrons. The molecule has 0 aliphatic heterocycles. The maximum absolute atomic E-state index is 2.40. The Balaban J connectivity index is 2.04. The predicted molar refractivity (Wildman–Crippen MR) is 60.0 cm³/mol. The zero-order valence-corrected chi connectivity index (χ0v) is 9.15. The molecule has 0 aromatic rings. The summed E-state index contributed by atoms with van der Waals surface area (Å²) in [7, 11) is 0. The van der Waals surface area contributed by atoms with E-state index in [0.29, 0.717) is 5.92 Å². The Labute approximate surface area is 85.7 Å². The van der Waals surface area contributed by atoms with Crippen molar-refractivity contribution < 1.29 is 0 Å². The Morgan fingerprint density at radius 2 is 1.36 bits per heavy atom. The van der Waals surface area contributed by atoms with E-state index in [9.17, 15) is 0 Å². The molecule has 0 fully saturated rings. The zero-order chi connectivity index (χ0) is 9.87. The third-order valence-electron chi connectivity index (χ3n) is 3.71. The van der Waals surface area contributed by atoms with Crippen molar-refractivity contribution in [3.05, 3.63) is 45.6 Å². The fourth-order valence-corrected chi connectivity index (χ4v) is 3.07. The zero-order valence-electron chi connectivity index (χ0n) is 9.15. The van der Waals surface area contributed by atoms with E-state index < -0.39 is 0 Å². The van der Waals surface area contributed by atoms with E-state index in [1.807, 2.05) is 0 Å². The molecule has 0 bridgehead atoms.